The van der Waals surface area contributed by atoms with Gasteiger partial charge in [-0.25, -0.2) is 13.4 Å². The van der Waals surface area contributed by atoms with Crippen LogP contribution >= 0.6 is 11.3 Å². The molecule has 0 fully saturated rings. The van der Waals surface area contributed by atoms with Crippen molar-refractivity contribution in [3.8, 4) is 5.75 Å². The zero-order chi connectivity index (χ0) is 23.3. The van der Waals surface area contributed by atoms with Gasteiger partial charge in [-0.2, -0.15) is 0 Å². The molecule has 0 saturated carbocycles. The number of carbonyl (C=O) groups is 1. The van der Waals surface area contributed by atoms with Crippen molar-refractivity contribution in [1.29, 1.82) is 0 Å². The van der Waals surface area contributed by atoms with E-state index in [1.807, 2.05) is 25.1 Å². The van der Waals surface area contributed by atoms with Crippen molar-refractivity contribution < 1.29 is 22.4 Å². The predicted octanol–water partition coefficient (Wildman–Crippen LogP) is 5.08. The number of nitrogens with zero attached hydrogens (tertiary/aromatic N) is 2. The Morgan fingerprint density at radius 3 is 2.67 bits per heavy atom. The van der Waals surface area contributed by atoms with Crippen LogP contribution in [0.25, 0.3) is 10.2 Å². The van der Waals surface area contributed by atoms with Crippen molar-refractivity contribution in [3.63, 3.8) is 0 Å². The summed E-state index contributed by atoms with van der Waals surface area (Å²) in [5.41, 5.74) is 0.766. The van der Waals surface area contributed by atoms with E-state index in [1.54, 1.807) is 53.6 Å². The van der Waals surface area contributed by atoms with Crippen LogP contribution in [0.15, 0.2) is 76.2 Å². The quantitative estimate of drug-likeness (QED) is 0.312. The van der Waals surface area contributed by atoms with Gasteiger partial charge in [0.25, 0.3) is 0 Å². The number of aromatic nitrogens is 1. The second-order valence-corrected chi connectivity index (χ2v) is 10.5. The average Bonchev–Trinajstić information content (AvgIpc) is 3.47. The monoisotopic (exact) mass is 484 g/mol. The van der Waals surface area contributed by atoms with Gasteiger partial charge < -0.3 is 9.15 Å². The standard InChI is InChI=1S/C24H24N2O5S2/c1-2-30-18-12-13-21-22(16-18)32-24(25-21)26(17-19-8-6-14-31-19)23(27)11-7-15-33(28,29)20-9-4-3-5-10-20/h3-6,8-10,12-14,16H,2,7,11,15,17H2,1H3. The Bertz CT molecular complexity index is 1320. The third kappa shape index (κ3) is 5.61. The highest BCUT2D eigenvalue weighted by Crippen LogP contribution is 2.33. The first-order valence-electron chi connectivity index (χ1n) is 10.6. The minimum Gasteiger partial charge on any atom is -0.494 e. The summed E-state index contributed by atoms with van der Waals surface area (Å²) in [5, 5.41) is 0.533. The van der Waals surface area contributed by atoms with Crippen LogP contribution < -0.4 is 9.64 Å². The maximum absolute atomic E-state index is 13.2. The first kappa shape index (κ1) is 23.0. The van der Waals surface area contributed by atoms with Crippen LogP contribution in [0.4, 0.5) is 5.13 Å². The molecule has 2 heterocycles. The van der Waals surface area contributed by atoms with Crippen molar-refractivity contribution in [2.75, 3.05) is 17.3 Å². The molecule has 0 aliphatic heterocycles. The van der Waals surface area contributed by atoms with E-state index < -0.39 is 9.84 Å². The van der Waals surface area contributed by atoms with Crippen LogP contribution in [0.1, 0.15) is 25.5 Å². The molecule has 0 atom stereocenters. The Morgan fingerprint density at radius 1 is 1.12 bits per heavy atom. The Hall–Kier alpha value is -3.17. The highest BCUT2D eigenvalue weighted by Gasteiger charge is 2.22. The van der Waals surface area contributed by atoms with E-state index in [-0.39, 0.29) is 35.9 Å². The molecule has 172 valence electrons. The minimum absolute atomic E-state index is 0.0763. The third-order valence-electron chi connectivity index (χ3n) is 4.99. The number of benzene rings is 2. The molecular weight excluding hydrogens is 460 g/mol. The van der Waals surface area contributed by atoms with Gasteiger partial charge in [0.2, 0.25) is 5.91 Å². The lowest BCUT2D eigenvalue weighted by Crippen LogP contribution is -2.30. The van der Waals surface area contributed by atoms with Gasteiger partial charge in [0, 0.05) is 6.42 Å². The van der Waals surface area contributed by atoms with E-state index >= 15 is 0 Å². The lowest BCUT2D eigenvalue weighted by molar-refractivity contribution is -0.118. The van der Waals surface area contributed by atoms with Gasteiger partial charge in [-0.3, -0.25) is 9.69 Å². The highest BCUT2D eigenvalue weighted by molar-refractivity contribution is 7.91. The molecule has 4 aromatic rings. The summed E-state index contributed by atoms with van der Waals surface area (Å²) in [6, 6.07) is 17.4. The molecule has 2 aromatic heterocycles. The van der Waals surface area contributed by atoms with Gasteiger partial charge in [-0.05, 0) is 55.8 Å². The second-order valence-electron chi connectivity index (χ2n) is 7.35. The largest absolute Gasteiger partial charge is 0.494 e. The van der Waals surface area contributed by atoms with E-state index in [0.29, 0.717) is 17.5 Å². The van der Waals surface area contributed by atoms with Crippen molar-refractivity contribution in [1.82, 2.24) is 4.98 Å². The number of rotatable bonds is 10. The first-order chi connectivity index (χ1) is 16.0. The Morgan fingerprint density at radius 2 is 1.94 bits per heavy atom. The number of furan rings is 1. The van der Waals surface area contributed by atoms with Crippen LogP contribution in [0.5, 0.6) is 5.75 Å². The van der Waals surface area contributed by atoms with E-state index in [2.05, 4.69) is 4.98 Å². The average molecular weight is 485 g/mol. The lowest BCUT2D eigenvalue weighted by atomic mass is 10.3. The number of hydrogen-bond donors (Lipinski definition) is 0. The molecule has 1 amide bonds. The molecule has 9 heteroatoms. The molecule has 33 heavy (non-hydrogen) atoms. The smallest absolute Gasteiger partial charge is 0.229 e. The molecule has 0 saturated heterocycles. The fourth-order valence-corrected chi connectivity index (χ4v) is 5.72. The molecule has 0 spiro atoms. The van der Waals surface area contributed by atoms with Crippen LogP contribution in [0.2, 0.25) is 0 Å². The molecule has 0 N–H and O–H groups in total. The van der Waals surface area contributed by atoms with Crippen molar-refractivity contribution in [2.24, 2.45) is 0 Å². The number of fused-ring (bicyclic) bond motifs is 1. The molecule has 2 aromatic carbocycles. The second kappa shape index (κ2) is 10.2. The normalized spacial score (nSPS) is 11.5. The first-order valence-corrected chi connectivity index (χ1v) is 13.1. The highest BCUT2D eigenvalue weighted by atomic mass is 32.2. The fraction of sp³-hybridized carbons (Fsp3) is 0.250. The van der Waals surface area contributed by atoms with Gasteiger partial charge in [-0.1, -0.05) is 29.5 Å². The van der Waals surface area contributed by atoms with Gasteiger partial charge in [0.1, 0.15) is 11.5 Å². The summed E-state index contributed by atoms with van der Waals surface area (Å²) in [6.45, 7) is 2.70. The number of sulfone groups is 1. The fourth-order valence-electron chi connectivity index (χ4n) is 3.38. The number of ether oxygens (including phenoxy) is 1. The molecule has 4 rings (SSSR count). The zero-order valence-electron chi connectivity index (χ0n) is 18.1. The summed E-state index contributed by atoms with van der Waals surface area (Å²) >= 11 is 1.39. The maximum atomic E-state index is 13.2. The van der Waals surface area contributed by atoms with Crippen molar-refractivity contribution >= 4 is 42.4 Å². The Kier molecular flexibility index (Phi) is 7.10. The summed E-state index contributed by atoms with van der Waals surface area (Å²) in [7, 11) is -3.44. The number of carbonyl (C=O) groups excluding carboxylic acids is 1. The van der Waals surface area contributed by atoms with Crippen LogP contribution in [-0.4, -0.2) is 31.7 Å². The van der Waals surface area contributed by atoms with Gasteiger partial charge >= 0.3 is 0 Å². The maximum Gasteiger partial charge on any atom is 0.229 e. The minimum atomic E-state index is -3.44. The molecule has 0 aliphatic carbocycles. The molecule has 0 aliphatic rings. The summed E-state index contributed by atoms with van der Waals surface area (Å²) < 4.78 is 37.0. The van der Waals surface area contributed by atoms with Gasteiger partial charge in [-0.15, -0.1) is 0 Å². The van der Waals surface area contributed by atoms with E-state index in [4.69, 9.17) is 9.15 Å². The van der Waals surface area contributed by atoms with Crippen LogP contribution in [-0.2, 0) is 21.2 Å². The lowest BCUT2D eigenvalue weighted by Gasteiger charge is -2.18. The number of hydrogen-bond acceptors (Lipinski definition) is 7. The van der Waals surface area contributed by atoms with Crippen LogP contribution in [0, 0.1) is 0 Å². The van der Waals surface area contributed by atoms with Gasteiger partial charge in [0.05, 0.1) is 40.3 Å². The molecule has 0 radical (unpaired) electrons. The number of thiazole rings is 1. The SMILES string of the molecule is CCOc1ccc2nc(N(Cc3ccco3)C(=O)CCCS(=O)(=O)c3ccccc3)sc2c1. The third-order valence-corrected chi connectivity index (χ3v) is 7.85. The van der Waals surface area contributed by atoms with Gasteiger partial charge in [0.15, 0.2) is 15.0 Å². The predicted molar refractivity (Wildman–Crippen MR) is 128 cm³/mol. The summed E-state index contributed by atoms with van der Waals surface area (Å²) in [4.78, 5) is 19.6. The van der Waals surface area contributed by atoms with Crippen molar-refractivity contribution in [2.45, 2.75) is 31.2 Å². The topological polar surface area (TPSA) is 89.7 Å². The summed E-state index contributed by atoms with van der Waals surface area (Å²) in [6.07, 6.45) is 1.84. The Balaban J connectivity index is 1.52. The molecule has 7 nitrogen and oxygen atoms in total. The van der Waals surface area contributed by atoms with E-state index in [0.717, 1.165) is 16.0 Å². The molecule has 0 bridgehead atoms. The zero-order valence-corrected chi connectivity index (χ0v) is 19.8. The number of anilines is 1. The Labute approximate surface area is 196 Å². The molecule has 0 unspecified atom stereocenters. The number of amides is 1. The van der Waals surface area contributed by atoms with Crippen molar-refractivity contribution in [3.05, 3.63) is 72.7 Å². The molecular formula is C24H24N2O5S2. The summed E-state index contributed by atoms with van der Waals surface area (Å²) in [5.74, 6) is 1.05. The van der Waals surface area contributed by atoms with E-state index in [1.165, 1.54) is 11.3 Å². The van der Waals surface area contributed by atoms with E-state index in [9.17, 15) is 13.2 Å². The van der Waals surface area contributed by atoms with Crippen LogP contribution in [0.3, 0.4) is 0 Å².